The molecule has 0 amide bonds. The number of hydrogen-bond donors (Lipinski definition) is 1. The summed E-state index contributed by atoms with van der Waals surface area (Å²) in [6.45, 7) is 0.128. The van der Waals surface area contributed by atoms with Crippen molar-refractivity contribution in [1.29, 1.82) is 0 Å². The van der Waals surface area contributed by atoms with Gasteiger partial charge in [0.05, 0.1) is 12.9 Å². The number of rotatable bonds is 4. The Morgan fingerprint density at radius 2 is 2.58 bits per heavy atom. The van der Waals surface area contributed by atoms with Gasteiger partial charge in [-0.1, -0.05) is 0 Å². The Morgan fingerprint density at radius 1 is 1.83 bits per heavy atom. The third-order valence-electron chi connectivity index (χ3n) is 1.52. The van der Waals surface area contributed by atoms with E-state index in [1.807, 2.05) is 0 Å². The summed E-state index contributed by atoms with van der Waals surface area (Å²) in [5.74, 6) is -1.22. The standard InChI is InChI=1S/C8H10O4/c1-11-5-6(8(9)10)7-3-2-4-12-7/h2-4,6H,5H2,1H3,(H,9,10). The lowest BCUT2D eigenvalue weighted by Gasteiger charge is -2.06. The molecular weight excluding hydrogens is 160 g/mol. The van der Waals surface area contributed by atoms with E-state index in [1.54, 1.807) is 12.1 Å². The highest BCUT2D eigenvalue weighted by Crippen LogP contribution is 2.16. The van der Waals surface area contributed by atoms with Crippen molar-refractivity contribution in [3.05, 3.63) is 24.2 Å². The van der Waals surface area contributed by atoms with Gasteiger partial charge in [0.25, 0.3) is 0 Å². The molecular formula is C8H10O4. The molecule has 1 N–H and O–H groups in total. The van der Waals surface area contributed by atoms with Crippen LogP contribution in [0.1, 0.15) is 11.7 Å². The Bertz CT molecular complexity index is 240. The van der Waals surface area contributed by atoms with Crippen LogP contribution in [0.3, 0.4) is 0 Å². The van der Waals surface area contributed by atoms with Crippen LogP contribution in [0.5, 0.6) is 0 Å². The monoisotopic (exact) mass is 170 g/mol. The first-order valence-corrected chi connectivity index (χ1v) is 3.51. The van der Waals surface area contributed by atoms with Crippen LogP contribution in [-0.4, -0.2) is 24.8 Å². The molecule has 0 bridgehead atoms. The van der Waals surface area contributed by atoms with E-state index in [2.05, 4.69) is 0 Å². The molecule has 4 heteroatoms. The van der Waals surface area contributed by atoms with Crippen molar-refractivity contribution in [2.75, 3.05) is 13.7 Å². The lowest BCUT2D eigenvalue weighted by atomic mass is 10.1. The Labute approximate surface area is 69.8 Å². The second-order valence-corrected chi connectivity index (χ2v) is 2.36. The first-order valence-electron chi connectivity index (χ1n) is 3.51. The molecule has 66 valence electrons. The quantitative estimate of drug-likeness (QED) is 0.734. The number of aliphatic carboxylic acids is 1. The number of carboxylic acid groups (broad SMARTS) is 1. The normalized spacial score (nSPS) is 12.8. The Morgan fingerprint density at radius 3 is 3.00 bits per heavy atom. The highest BCUT2D eigenvalue weighted by molar-refractivity contribution is 5.75. The van der Waals surface area contributed by atoms with Gasteiger partial charge in [-0.05, 0) is 12.1 Å². The Balaban J connectivity index is 2.73. The van der Waals surface area contributed by atoms with Gasteiger partial charge in [0, 0.05) is 7.11 Å². The average molecular weight is 170 g/mol. The van der Waals surface area contributed by atoms with Crippen LogP contribution >= 0.6 is 0 Å². The van der Waals surface area contributed by atoms with Gasteiger partial charge in [-0.2, -0.15) is 0 Å². The largest absolute Gasteiger partial charge is 0.481 e. The van der Waals surface area contributed by atoms with E-state index in [1.165, 1.54) is 13.4 Å². The van der Waals surface area contributed by atoms with Crippen molar-refractivity contribution in [3.8, 4) is 0 Å². The zero-order valence-electron chi connectivity index (χ0n) is 6.69. The highest BCUT2D eigenvalue weighted by Gasteiger charge is 2.21. The van der Waals surface area contributed by atoms with Crippen molar-refractivity contribution < 1.29 is 19.1 Å². The fourth-order valence-corrected chi connectivity index (χ4v) is 0.931. The van der Waals surface area contributed by atoms with Gasteiger partial charge in [0.2, 0.25) is 0 Å². The minimum Gasteiger partial charge on any atom is -0.481 e. The van der Waals surface area contributed by atoms with Crippen LogP contribution in [0.25, 0.3) is 0 Å². The molecule has 0 radical (unpaired) electrons. The molecule has 12 heavy (non-hydrogen) atoms. The Kier molecular flexibility index (Phi) is 2.88. The topological polar surface area (TPSA) is 59.7 Å². The van der Waals surface area contributed by atoms with Crippen molar-refractivity contribution in [2.45, 2.75) is 5.92 Å². The van der Waals surface area contributed by atoms with Gasteiger partial charge in [-0.25, -0.2) is 0 Å². The zero-order chi connectivity index (χ0) is 8.97. The number of ether oxygens (including phenoxy) is 1. The summed E-state index contributed by atoms with van der Waals surface area (Å²) in [5, 5.41) is 8.74. The molecule has 1 rings (SSSR count). The second-order valence-electron chi connectivity index (χ2n) is 2.36. The van der Waals surface area contributed by atoms with Crippen molar-refractivity contribution in [3.63, 3.8) is 0 Å². The molecule has 1 aromatic heterocycles. The van der Waals surface area contributed by atoms with Crippen LogP contribution in [0.15, 0.2) is 22.8 Å². The number of methoxy groups -OCH3 is 1. The van der Waals surface area contributed by atoms with E-state index in [4.69, 9.17) is 14.3 Å². The molecule has 4 nitrogen and oxygen atoms in total. The summed E-state index contributed by atoms with van der Waals surface area (Å²) in [5.41, 5.74) is 0. The molecule has 1 unspecified atom stereocenters. The van der Waals surface area contributed by atoms with Crippen LogP contribution in [0.4, 0.5) is 0 Å². The van der Waals surface area contributed by atoms with Crippen molar-refractivity contribution >= 4 is 5.97 Å². The number of furan rings is 1. The minimum atomic E-state index is -0.938. The second kappa shape index (κ2) is 3.92. The van der Waals surface area contributed by atoms with Gasteiger partial charge in [0.1, 0.15) is 11.7 Å². The van der Waals surface area contributed by atoms with E-state index < -0.39 is 11.9 Å². The molecule has 0 aromatic carbocycles. The van der Waals surface area contributed by atoms with Gasteiger partial charge in [0.15, 0.2) is 0 Å². The first kappa shape index (κ1) is 8.80. The summed E-state index contributed by atoms with van der Waals surface area (Å²) in [7, 11) is 1.46. The summed E-state index contributed by atoms with van der Waals surface area (Å²) < 4.78 is 9.70. The van der Waals surface area contributed by atoms with Gasteiger partial charge < -0.3 is 14.3 Å². The lowest BCUT2D eigenvalue weighted by Crippen LogP contribution is -2.16. The summed E-state index contributed by atoms with van der Waals surface area (Å²) >= 11 is 0. The van der Waals surface area contributed by atoms with Crippen molar-refractivity contribution in [2.24, 2.45) is 0 Å². The fraction of sp³-hybridized carbons (Fsp3) is 0.375. The molecule has 0 saturated heterocycles. The predicted octanol–water partition coefficient (Wildman–Crippen LogP) is 1.09. The molecule has 0 fully saturated rings. The van der Waals surface area contributed by atoms with Crippen LogP contribution in [-0.2, 0) is 9.53 Å². The molecule has 0 spiro atoms. The molecule has 0 aliphatic rings. The summed E-state index contributed by atoms with van der Waals surface area (Å²) in [6.07, 6.45) is 1.45. The maximum atomic E-state index is 10.6. The average Bonchev–Trinajstić information content (AvgIpc) is 2.51. The maximum absolute atomic E-state index is 10.6. The lowest BCUT2D eigenvalue weighted by molar-refractivity contribution is -0.140. The van der Waals surface area contributed by atoms with E-state index in [-0.39, 0.29) is 6.61 Å². The number of carboxylic acids is 1. The highest BCUT2D eigenvalue weighted by atomic mass is 16.5. The predicted molar refractivity (Wildman–Crippen MR) is 41.0 cm³/mol. The molecule has 0 saturated carbocycles. The van der Waals surface area contributed by atoms with Crippen LogP contribution in [0.2, 0.25) is 0 Å². The van der Waals surface area contributed by atoms with E-state index in [0.717, 1.165) is 0 Å². The fourth-order valence-electron chi connectivity index (χ4n) is 0.931. The van der Waals surface area contributed by atoms with E-state index in [9.17, 15) is 4.79 Å². The molecule has 0 aliphatic carbocycles. The summed E-state index contributed by atoms with van der Waals surface area (Å²) in [6, 6.07) is 3.28. The number of carbonyl (C=O) groups is 1. The molecule has 1 heterocycles. The molecule has 0 aliphatic heterocycles. The third-order valence-corrected chi connectivity index (χ3v) is 1.52. The summed E-state index contributed by atoms with van der Waals surface area (Å²) in [4.78, 5) is 10.6. The van der Waals surface area contributed by atoms with Crippen molar-refractivity contribution in [1.82, 2.24) is 0 Å². The molecule has 1 aromatic rings. The van der Waals surface area contributed by atoms with Gasteiger partial charge in [-0.3, -0.25) is 4.79 Å². The van der Waals surface area contributed by atoms with Crippen LogP contribution < -0.4 is 0 Å². The number of hydrogen-bond acceptors (Lipinski definition) is 3. The van der Waals surface area contributed by atoms with E-state index in [0.29, 0.717) is 5.76 Å². The van der Waals surface area contributed by atoms with Crippen LogP contribution in [0, 0.1) is 0 Å². The smallest absolute Gasteiger partial charge is 0.316 e. The Hall–Kier alpha value is -1.29. The van der Waals surface area contributed by atoms with E-state index >= 15 is 0 Å². The zero-order valence-corrected chi connectivity index (χ0v) is 6.69. The van der Waals surface area contributed by atoms with Gasteiger partial charge in [-0.15, -0.1) is 0 Å². The SMILES string of the molecule is COCC(C(=O)O)c1ccco1. The first-order chi connectivity index (χ1) is 5.75. The minimum absolute atomic E-state index is 0.128. The maximum Gasteiger partial charge on any atom is 0.316 e. The van der Waals surface area contributed by atoms with Gasteiger partial charge >= 0.3 is 5.97 Å². The third kappa shape index (κ3) is 1.85. The molecule has 1 atom stereocenters.